The monoisotopic (exact) mass is 320 g/mol. The van der Waals surface area contributed by atoms with Gasteiger partial charge >= 0.3 is 0 Å². The molecular weight excluding hydrogens is 300 g/mol. The number of benzene rings is 1. The molecule has 5 rings (SSSR count). The lowest BCUT2D eigenvalue weighted by Crippen LogP contribution is -2.38. The van der Waals surface area contributed by atoms with Gasteiger partial charge in [-0.1, -0.05) is 12.1 Å². The zero-order valence-corrected chi connectivity index (χ0v) is 13.7. The molecule has 1 saturated heterocycles. The van der Waals surface area contributed by atoms with Crippen molar-refractivity contribution in [2.24, 2.45) is 0 Å². The maximum atomic E-state index is 9.73. The molecule has 24 heavy (non-hydrogen) atoms. The average molecular weight is 320 g/mol. The zero-order valence-electron chi connectivity index (χ0n) is 13.7. The highest BCUT2D eigenvalue weighted by Gasteiger charge is 2.41. The number of hydrogen-bond acceptors (Lipinski definition) is 4. The topological polar surface area (TPSA) is 53.7 Å². The van der Waals surface area contributed by atoms with E-state index in [1.165, 1.54) is 29.7 Å². The molecule has 4 heterocycles. The molecule has 2 aliphatic rings. The number of rotatable bonds is 2. The summed E-state index contributed by atoms with van der Waals surface area (Å²) >= 11 is 0. The third-order valence-corrected chi connectivity index (χ3v) is 5.44. The number of fused-ring (bicyclic) bond motifs is 6. The predicted molar refractivity (Wildman–Crippen MR) is 90.8 cm³/mol. The molecule has 122 valence electrons. The van der Waals surface area contributed by atoms with Crippen LogP contribution < -0.4 is 0 Å². The van der Waals surface area contributed by atoms with E-state index in [1.807, 2.05) is 35.8 Å². The minimum atomic E-state index is 0.340. The van der Waals surface area contributed by atoms with Crippen LogP contribution in [0.2, 0.25) is 0 Å². The van der Waals surface area contributed by atoms with Gasteiger partial charge in [0, 0.05) is 42.9 Å². The molecule has 1 N–H and O–H groups in total. The van der Waals surface area contributed by atoms with Crippen molar-refractivity contribution in [2.75, 3.05) is 0 Å². The van der Waals surface area contributed by atoms with E-state index >= 15 is 0 Å². The Kier molecular flexibility index (Phi) is 2.94. The van der Waals surface area contributed by atoms with Crippen LogP contribution in [0.25, 0.3) is 5.65 Å². The fourth-order valence-corrected chi connectivity index (χ4v) is 4.41. The minimum Gasteiger partial charge on any atom is -0.508 e. The van der Waals surface area contributed by atoms with Crippen LogP contribution in [0.15, 0.2) is 36.5 Å². The molecule has 0 saturated carbocycles. The summed E-state index contributed by atoms with van der Waals surface area (Å²) in [5.74, 6) is 0.340. The molecular formula is C19H20N4O. The molecule has 2 bridgehead atoms. The van der Waals surface area contributed by atoms with Crippen molar-refractivity contribution >= 4 is 5.65 Å². The van der Waals surface area contributed by atoms with Crippen LogP contribution in [-0.4, -0.2) is 30.6 Å². The van der Waals surface area contributed by atoms with Crippen molar-refractivity contribution < 1.29 is 5.11 Å². The van der Waals surface area contributed by atoms with Gasteiger partial charge in [0.1, 0.15) is 5.75 Å². The van der Waals surface area contributed by atoms with Crippen LogP contribution in [0.4, 0.5) is 0 Å². The third-order valence-electron chi connectivity index (χ3n) is 5.44. The number of phenols is 1. The smallest absolute Gasteiger partial charge is 0.155 e. The van der Waals surface area contributed by atoms with Crippen LogP contribution in [0, 0.1) is 6.92 Å². The van der Waals surface area contributed by atoms with Gasteiger partial charge < -0.3 is 5.11 Å². The van der Waals surface area contributed by atoms with Crippen molar-refractivity contribution in [1.29, 1.82) is 0 Å². The highest BCUT2D eigenvalue weighted by molar-refractivity contribution is 5.44. The fraction of sp³-hybridized carbons (Fsp3) is 0.368. The molecule has 0 unspecified atom stereocenters. The van der Waals surface area contributed by atoms with Crippen molar-refractivity contribution in [2.45, 2.75) is 44.8 Å². The van der Waals surface area contributed by atoms with Crippen molar-refractivity contribution in [3.8, 4) is 5.75 Å². The summed E-state index contributed by atoms with van der Waals surface area (Å²) in [5, 5.41) is 14.4. The fourth-order valence-electron chi connectivity index (χ4n) is 4.41. The van der Waals surface area contributed by atoms with Gasteiger partial charge in [0.2, 0.25) is 0 Å². The molecule has 2 atom stereocenters. The predicted octanol–water partition coefficient (Wildman–Crippen LogP) is 3.01. The van der Waals surface area contributed by atoms with Gasteiger partial charge in [0.15, 0.2) is 5.65 Å². The maximum Gasteiger partial charge on any atom is 0.155 e. The van der Waals surface area contributed by atoms with E-state index in [1.54, 1.807) is 6.07 Å². The zero-order chi connectivity index (χ0) is 16.3. The summed E-state index contributed by atoms with van der Waals surface area (Å²) in [5.41, 5.74) is 5.78. The Hall–Kier alpha value is -2.40. The second-order valence-corrected chi connectivity index (χ2v) is 7.01. The van der Waals surface area contributed by atoms with E-state index in [0.717, 1.165) is 24.3 Å². The molecule has 5 nitrogen and oxygen atoms in total. The van der Waals surface area contributed by atoms with Crippen LogP contribution in [0.5, 0.6) is 5.75 Å². The van der Waals surface area contributed by atoms with E-state index in [-0.39, 0.29) is 0 Å². The second kappa shape index (κ2) is 5.05. The molecule has 2 aromatic heterocycles. The summed E-state index contributed by atoms with van der Waals surface area (Å²) in [6.45, 7) is 2.89. The first-order valence-electron chi connectivity index (χ1n) is 8.57. The Morgan fingerprint density at radius 3 is 3.04 bits per heavy atom. The van der Waals surface area contributed by atoms with E-state index in [9.17, 15) is 5.11 Å². The van der Waals surface area contributed by atoms with Crippen molar-refractivity contribution in [1.82, 2.24) is 19.5 Å². The minimum absolute atomic E-state index is 0.340. The number of nitrogens with zero attached hydrogens (tertiary/aromatic N) is 4. The Bertz CT molecular complexity index is 932. The normalized spacial score (nSPS) is 22.9. The van der Waals surface area contributed by atoms with Crippen LogP contribution in [-0.2, 0) is 13.0 Å². The Morgan fingerprint density at radius 1 is 1.25 bits per heavy atom. The van der Waals surface area contributed by atoms with Crippen LogP contribution >= 0.6 is 0 Å². The van der Waals surface area contributed by atoms with Gasteiger partial charge in [-0.3, -0.25) is 4.90 Å². The summed E-state index contributed by atoms with van der Waals surface area (Å²) in [7, 11) is 0. The van der Waals surface area contributed by atoms with Gasteiger partial charge in [0.05, 0.1) is 11.4 Å². The standard InChI is InChI=1S/C19H20N4O/c1-12-7-19-20-10-16-17-6-5-14(9-18(16)23(19)21-12)22(17)11-13-3-2-4-15(24)8-13/h2-4,7-8,10,14,17,24H,5-6,9,11H2,1H3/t14-,17+/m1/s1. The first-order valence-corrected chi connectivity index (χ1v) is 8.57. The summed E-state index contributed by atoms with van der Waals surface area (Å²) in [4.78, 5) is 7.19. The second-order valence-electron chi connectivity index (χ2n) is 7.01. The molecule has 1 aromatic carbocycles. The van der Waals surface area contributed by atoms with Gasteiger partial charge in [-0.15, -0.1) is 0 Å². The van der Waals surface area contributed by atoms with Gasteiger partial charge in [-0.25, -0.2) is 9.50 Å². The molecule has 2 aliphatic heterocycles. The Morgan fingerprint density at radius 2 is 2.17 bits per heavy atom. The summed E-state index contributed by atoms with van der Waals surface area (Å²) < 4.78 is 2.04. The van der Waals surface area contributed by atoms with Gasteiger partial charge in [-0.2, -0.15) is 5.10 Å². The number of hydrogen-bond donors (Lipinski definition) is 1. The summed E-state index contributed by atoms with van der Waals surface area (Å²) in [6, 6.07) is 10.6. The lowest BCUT2D eigenvalue weighted by molar-refractivity contribution is 0.165. The van der Waals surface area contributed by atoms with Crippen LogP contribution in [0.1, 0.15) is 41.4 Å². The quantitative estimate of drug-likeness (QED) is 0.788. The van der Waals surface area contributed by atoms with E-state index in [0.29, 0.717) is 17.8 Å². The molecule has 3 aromatic rings. The molecule has 0 radical (unpaired) electrons. The van der Waals surface area contributed by atoms with Gasteiger partial charge in [0.25, 0.3) is 0 Å². The molecule has 0 amide bonds. The Labute approximate surface area is 140 Å². The van der Waals surface area contributed by atoms with Crippen molar-refractivity contribution in [3.05, 3.63) is 59.0 Å². The van der Waals surface area contributed by atoms with E-state index in [2.05, 4.69) is 21.0 Å². The lowest BCUT2D eigenvalue weighted by atomic mass is 9.98. The lowest BCUT2D eigenvalue weighted by Gasteiger charge is -2.36. The Balaban J connectivity index is 1.54. The average Bonchev–Trinajstić information content (AvgIpc) is 3.06. The highest BCUT2D eigenvalue weighted by Crippen LogP contribution is 2.44. The number of aromatic nitrogens is 3. The van der Waals surface area contributed by atoms with E-state index in [4.69, 9.17) is 0 Å². The molecule has 0 spiro atoms. The molecule has 0 aliphatic carbocycles. The number of phenolic OH excluding ortho intramolecular Hbond substituents is 1. The third kappa shape index (κ3) is 2.04. The first kappa shape index (κ1) is 14.0. The number of aryl methyl sites for hydroxylation is 1. The largest absolute Gasteiger partial charge is 0.508 e. The highest BCUT2D eigenvalue weighted by atomic mass is 16.3. The van der Waals surface area contributed by atoms with E-state index < -0.39 is 0 Å². The molecule has 1 fully saturated rings. The molecule has 5 heteroatoms. The first-order chi connectivity index (χ1) is 11.7. The van der Waals surface area contributed by atoms with Crippen LogP contribution in [0.3, 0.4) is 0 Å². The maximum absolute atomic E-state index is 9.73. The number of aromatic hydroxyl groups is 1. The van der Waals surface area contributed by atoms with Crippen molar-refractivity contribution in [3.63, 3.8) is 0 Å². The van der Waals surface area contributed by atoms with Gasteiger partial charge in [-0.05, 0) is 37.5 Å². The summed E-state index contributed by atoms with van der Waals surface area (Å²) in [6.07, 6.45) is 5.45. The SMILES string of the molecule is Cc1cc2ncc3c(n2n1)C[C@H]1CC[C@@H]3N1Cc1cccc(O)c1.